The molecule has 12 heavy (non-hydrogen) atoms. The van der Waals surface area contributed by atoms with E-state index in [4.69, 9.17) is 0 Å². The molecule has 0 bridgehead atoms. The second kappa shape index (κ2) is 2.95. The maximum absolute atomic E-state index is 11.9. The molecule has 1 aliphatic carbocycles. The Hall–Kier alpha value is -0.740. The Bertz CT molecular complexity index is 184. The molecule has 1 fully saturated rings. The number of alkyl halides is 3. The van der Waals surface area contributed by atoms with Gasteiger partial charge in [0.2, 0.25) is 5.91 Å². The zero-order chi connectivity index (χ0) is 9.35. The summed E-state index contributed by atoms with van der Waals surface area (Å²) in [5.41, 5.74) is 0. The minimum atomic E-state index is -4.09. The number of rotatable bonds is 1. The molecule has 1 saturated carbocycles. The van der Waals surface area contributed by atoms with E-state index < -0.39 is 12.1 Å². The number of carbonyl (C=O) groups is 1. The first-order valence-corrected chi connectivity index (χ1v) is 3.73. The summed E-state index contributed by atoms with van der Waals surface area (Å²) in [4.78, 5) is 10.4. The van der Waals surface area contributed by atoms with Gasteiger partial charge in [-0.3, -0.25) is 4.79 Å². The van der Waals surface area contributed by atoms with Gasteiger partial charge in [0, 0.05) is 13.0 Å². The van der Waals surface area contributed by atoms with Gasteiger partial charge in [-0.05, 0) is 12.8 Å². The average molecular weight is 181 g/mol. The third-order valence-electron chi connectivity index (χ3n) is 2.01. The Morgan fingerprint density at radius 2 is 1.92 bits per heavy atom. The van der Waals surface area contributed by atoms with Crippen LogP contribution in [0.15, 0.2) is 0 Å². The van der Waals surface area contributed by atoms with Crippen LogP contribution in [0.5, 0.6) is 0 Å². The number of carbonyl (C=O) groups excluding carboxylic acids is 1. The van der Waals surface area contributed by atoms with E-state index in [0.717, 1.165) is 0 Å². The fraction of sp³-hybridized carbons (Fsp3) is 0.857. The van der Waals surface area contributed by atoms with E-state index in [9.17, 15) is 18.0 Å². The van der Waals surface area contributed by atoms with E-state index in [2.05, 4.69) is 5.32 Å². The molecular formula is C7H10F3NO. The van der Waals surface area contributed by atoms with Crippen molar-refractivity contribution in [2.45, 2.75) is 32.0 Å². The predicted octanol–water partition coefficient (Wildman–Crippen LogP) is 1.46. The highest BCUT2D eigenvalue weighted by Gasteiger charge is 2.47. The van der Waals surface area contributed by atoms with Gasteiger partial charge in [0.05, 0.1) is 5.92 Å². The standard InChI is InChI=1S/C7H10F3NO/c1-4(12)11-6-2-5(3-6)7(8,9)10/h5-6H,2-3H2,1H3,(H,11,12)/t5-,6-. The number of hydrogen-bond donors (Lipinski definition) is 1. The highest BCUT2D eigenvalue weighted by molar-refractivity contribution is 5.73. The fourth-order valence-electron chi connectivity index (χ4n) is 1.29. The van der Waals surface area contributed by atoms with Crippen LogP contribution in [0.3, 0.4) is 0 Å². The molecule has 0 saturated heterocycles. The van der Waals surface area contributed by atoms with E-state index in [1.807, 2.05) is 0 Å². The van der Waals surface area contributed by atoms with Crippen molar-refractivity contribution in [3.8, 4) is 0 Å². The van der Waals surface area contributed by atoms with Crippen LogP contribution in [-0.2, 0) is 4.79 Å². The molecule has 0 aromatic carbocycles. The van der Waals surface area contributed by atoms with Gasteiger partial charge in [0.15, 0.2) is 0 Å². The molecule has 1 amide bonds. The molecule has 1 N–H and O–H groups in total. The van der Waals surface area contributed by atoms with Gasteiger partial charge in [-0.15, -0.1) is 0 Å². The second-order valence-electron chi connectivity index (χ2n) is 3.11. The van der Waals surface area contributed by atoms with Crippen molar-refractivity contribution in [1.82, 2.24) is 5.32 Å². The van der Waals surface area contributed by atoms with Gasteiger partial charge in [0.1, 0.15) is 0 Å². The van der Waals surface area contributed by atoms with Crippen LogP contribution in [-0.4, -0.2) is 18.1 Å². The molecule has 0 aromatic heterocycles. The molecule has 1 aliphatic rings. The molecule has 0 aliphatic heterocycles. The van der Waals surface area contributed by atoms with Crippen molar-refractivity contribution in [1.29, 1.82) is 0 Å². The SMILES string of the molecule is CC(=O)N[C@H]1C[C@H](C(F)(F)F)C1. The van der Waals surface area contributed by atoms with Crippen molar-refractivity contribution in [3.63, 3.8) is 0 Å². The molecule has 0 radical (unpaired) electrons. The molecule has 0 heterocycles. The molecule has 70 valence electrons. The minimum Gasteiger partial charge on any atom is -0.354 e. The van der Waals surface area contributed by atoms with Gasteiger partial charge in [-0.2, -0.15) is 13.2 Å². The third-order valence-corrected chi connectivity index (χ3v) is 2.01. The zero-order valence-corrected chi connectivity index (χ0v) is 6.61. The summed E-state index contributed by atoms with van der Waals surface area (Å²) >= 11 is 0. The summed E-state index contributed by atoms with van der Waals surface area (Å²) in [6.45, 7) is 1.31. The van der Waals surface area contributed by atoms with Crippen molar-refractivity contribution in [2.24, 2.45) is 5.92 Å². The number of hydrogen-bond acceptors (Lipinski definition) is 1. The second-order valence-corrected chi connectivity index (χ2v) is 3.11. The zero-order valence-electron chi connectivity index (χ0n) is 6.61. The Kier molecular flexibility index (Phi) is 2.30. The van der Waals surface area contributed by atoms with Gasteiger partial charge >= 0.3 is 6.18 Å². The lowest BCUT2D eigenvalue weighted by Crippen LogP contribution is -2.48. The Balaban J connectivity index is 2.25. The average Bonchev–Trinajstić information content (AvgIpc) is 1.73. The van der Waals surface area contributed by atoms with E-state index >= 15 is 0 Å². The lowest BCUT2D eigenvalue weighted by atomic mass is 9.80. The van der Waals surface area contributed by atoms with Crippen LogP contribution in [0.1, 0.15) is 19.8 Å². The van der Waals surface area contributed by atoms with E-state index in [-0.39, 0.29) is 24.8 Å². The predicted molar refractivity (Wildman–Crippen MR) is 36.4 cm³/mol. The van der Waals surface area contributed by atoms with E-state index in [1.165, 1.54) is 6.92 Å². The molecule has 0 spiro atoms. The highest BCUT2D eigenvalue weighted by Crippen LogP contribution is 2.40. The first kappa shape index (κ1) is 9.35. The summed E-state index contributed by atoms with van der Waals surface area (Å²) in [7, 11) is 0. The normalized spacial score (nSPS) is 29.3. The molecule has 0 aromatic rings. The molecule has 5 heteroatoms. The number of halogens is 3. The quantitative estimate of drug-likeness (QED) is 0.652. The largest absolute Gasteiger partial charge is 0.391 e. The van der Waals surface area contributed by atoms with E-state index in [0.29, 0.717) is 0 Å². The Morgan fingerprint density at radius 1 is 1.42 bits per heavy atom. The van der Waals surface area contributed by atoms with E-state index in [1.54, 1.807) is 0 Å². The smallest absolute Gasteiger partial charge is 0.354 e. The summed E-state index contributed by atoms with van der Waals surface area (Å²) in [5, 5.41) is 2.44. The highest BCUT2D eigenvalue weighted by atomic mass is 19.4. The maximum Gasteiger partial charge on any atom is 0.391 e. The van der Waals surface area contributed by atoms with Crippen LogP contribution >= 0.6 is 0 Å². The first-order valence-electron chi connectivity index (χ1n) is 3.73. The Morgan fingerprint density at radius 3 is 2.25 bits per heavy atom. The van der Waals surface area contributed by atoms with Gasteiger partial charge in [-0.25, -0.2) is 0 Å². The molecule has 1 rings (SSSR count). The summed E-state index contributed by atoms with van der Waals surface area (Å²) in [6, 6.07) is -0.269. The van der Waals surface area contributed by atoms with Gasteiger partial charge in [-0.1, -0.05) is 0 Å². The summed E-state index contributed by atoms with van der Waals surface area (Å²) in [5.74, 6) is -1.48. The Labute approximate surface area is 68.1 Å². The summed E-state index contributed by atoms with van der Waals surface area (Å²) < 4.78 is 35.7. The van der Waals surface area contributed by atoms with Crippen LogP contribution in [0, 0.1) is 5.92 Å². The van der Waals surface area contributed by atoms with Crippen LogP contribution in [0.2, 0.25) is 0 Å². The lowest BCUT2D eigenvalue weighted by molar-refractivity contribution is -0.199. The van der Waals surface area contributed by atoms with Crippen LogP contribution < -0.4 is 5.32 Å². The van der Waals surface area contributed by atoms with Gasteiger partial charge < -0.3 is 5.32 Å². The molecule has 0 unspecified atom stereocenters. The first-order chi connectivity index (χ1) is 5.39. The summed E-state index contributed by atoms with van der Waals surface area (Å²) in [6.07, 6.45) is -4.03. The lowest BCUT2D eigenvalue weighted by Gasteiger charge is -2.36. The monoisotopic (exact) mass is 181 g/mol. The number of nitrogens with one attached hydrogen (secondary N) is 1. The van der Waals surface area contributed by atoms with Crippen molar-refractivity contribution in [2.75, 3.05) is 0 Å². The molecule has 2 nitrogen and oxygen atoms in total. The number of amides is 1. The van der Waals surface area contributed by atoms with Crippen molar-refractivity contribution < 1.29 is 18.0 Å². The fourth-order valence-corrected chi connectivity index (χ4v) is 1.29. The van der Waals surface area contributed by atoms with Crippen LogP contribution in [0.25, 0.3) is 0 Å². The maximum atomic E-state index is 11.9. The van der Waals surface area contributed by atoms with Crippen molar-refractivity contribution >= 4 is 5.91 Å². The molecular weight excluding hydrogens is 171 g/mol. The molecule has 0 atom stereocenters. The van der Waals surface area contributed by atoms with Crippen LogP contribution in [0.4, 0.5) is 13.2 Å². The topological polar surface area (TPSA) is 29.1 Å². The van der Waals surface area contributed by atoms with Crippen molar-refractivity contribution in [3.05, 3.63) is 0 Å². The minimum absolute atomic E-state index is 0.0308. The third kappa shape index (κ3) is 2.12. The van der Waals surface area contributed by atoms with Gasteiger partial charge in [0.25, 0.3) is 0 Å².